The third-order valence-electron chi connectivity index (χ3n) is 3.15. The van der Waals surface area contributed by atoms with Crippen LogP contribution in [0.4, 0.5) is 0 Å². The van der Waals surface area contributed by atoms with E-state index < -0.39 is 0 Å². The zero-order valence-electron chi connectivity index (χ0n) is 10.0. The van der Waals surface area contributed by atoms with Gasteiger partial charge in [0.15, 0.2) is 0 Å². The molecular weight excluding hydrogens is 204 g/mol. The molecule has 2 rings (SSSR count). The van der Waals surface area contributed by atoms with Gasteiger partial charge in [-0.25, -0.2) is 0 Å². The van der Waals surface area contributed by atoms with E-state index in [9.17, 15) is 4.79 Å². The van der Waals surface area contributed by atoms with Crippen molar-refractivity contribution in [3.05, 3.63) is 17.5 Å². The van der Waals surface area contributed by atoms with E-state index in [0.29, 0.717) is 11.6 Å². The number of hydrogen-bond donors (Lipinski definition) is 1. The maximum atomic E-state index is 12.2. The molecule has 5 nitrogen and oxygen atoms in total. The van der Waals surface area contributed by atoms with E-state index in [1.807, 2.05) is 25.9 Å². The van der Waals surface area contributed by atoms with Gasteiger partial charge in [-0.3, -0.25) is 9.48 Å². The Morgan fingerprint density at radius 2 is 2.44 bits per heavy atom. The molecule has 0 spiro atoms. The van der Waals surface area contributed by atoms with Gasteiger partial charge < -0.3 is 10.2 Å². The lowest BCUT2D eigenvalue weighted by molar-refractivity contribution is 0.0743. The average molecular weight is 222 g/mol. The summed E-state index contributed by atoms with van der Waals surface area (Å²) >= 11 is 0. The highest BCUT2D eigenvalue weighted by molar-refractivity contribution is 5.95. The SMILES string of the molecule is Cc1nn(C)cc1C(=O)N(C)C1CCNC1. The van der Waals surface area contributed by atoms with Crippen molar-refractivity contribution in [3.8, 4) is 0 Å². The molecule has 2 heterocycles. The van der Waals surface area contributed by atoms with Crippen molar-refractivity contribution in [1.29, 1.82) is 0 Å². The number of rotatable bonds is 2. The van der Waals surface area contributed by atoms with Crippen LogP contribution in [0.2, 0.25) is 0 Å². The van der Waals surface area contributed by atoms with E-state index in [0.717, 1.165) is 25.2 Å². The number of nitrogens with one attached hydrogen (secondary N) is 1. The maximum Gasteiger partial charge on any atom is 0.257 e. The average Bonchev–Trinajstić information content (AvgIpc) is 2.85. The van der Waals surface area contributed by atoms with Gasteiger partial charge in [-0.15, -0.1) is 0 Å². The number of likely N-dealkylation sites (N-methyl/N-ethyl adjacent to an activating group) is 1. The second-order valence-electron chi connectivity index (χ2n) is 4.36. The van der Waals surface area contributed by atoms with Gasteiger partial charge in [0, 0.05) is 32.9 Å². The van der Waals surface area contributed by atoms with Crippen LogP contribution in [0.25, 0.3) is 0 Å². The number of hydrogen-bond acceptors (Lipinski definition) is 3. The summed E-state index contributed by atoms with van der Waals surface area (Å²) < 4.78 is 1.68. The lowest BCUT2D eigenvalue weighted by atomic mass is 10.2. The summed E-state index contributed by atoms with van der Waals surface area (Å²) in [4.78, 5) is 14.0. The van der Waals surface area contributed by atoms with Gasteiger partial charge in [0.2, 0.25) is 0 Å². The van der Waals surface area contributed by atoms with E-state index in [4.69, 9.17) is 0 Å². The van der Waals surface area contributed by atoms with Crippen LogP contribution in [-0.4, -0.2) is 46.8 Å². The minimum absolute atomic E-state index is 0.0688. The molecule has 1 aromatic heterocycles. The van der Waals surface area contributed by atoms with E-state index in [1.165, 1.54) is 0 Å². The predicted molar refractivity (Wildman–Crippen MR) is 61.3 cm³/mol. The molecule has 0 aliphatic carbocycles. The molecule has 1 aromatic rings. The minimum atomic E-state index is 0.0688. The summed E-state index contributed by atoms with van der Waals surface area (Å²) in [6, 6.07) is 0.312. The molecule has 0 saturated carbocycles. The monoisotopic (exact) mass is 222 g/mol. The van der Waals surface area contributed by atoms with Gasteiger partial charge in [-0.05, 0) is 19.9 Å². The lowest BCUT2D eigenvalue weighted by Gasteiger charge is -2.23. The quantitative estimate of drug-likeness (QED) is 0.775. The Labute approximate surface area is 95.4 Å². The first-order chi connectivity index (χ1) is 7.59. The van der Waals surface area contributed by atoms with Crippen LogP contribution in [0.3, 0.4) is 0 Å². The number of amides is 1. The van der Waals surface area contributed by atoms with Crippen molar-refractivity contribution in [2.45, 2.75) is 19.4 Å². The molecule has 1 fully saturated rings. The molecule has 0 bridgehead atoms. The van der Waals surface area contributed by atoms with Gasteiger partial charge in [0.25, 0.3) is 5.91 Å². The Hall–Kier alpha value is -1.36. The van der Waals surface area contributed by atoms with Gasteiger partial charge in [-0.1, -0.05) is 0 Å². The first-order valence-corrected chi connectivity index (χ1v) is 5.57. The van der Waals surface area contributed by atoms with Crippen molar-refractivity contribution in [2.24, 2.45) is 7.05 Å². The Morgan fingerprint density at radius 3 is 2.94 bits per heavy atom. The number of carbonyl (C=O) groups is 1. The van der Waals surface area contributed by atoms with Crippen molar-refractivity contribution in [1.82, 2.24) is 20.0 Å². The van der Waals surface area contributed by atoms with E-state index in [-0.39, 0.29) is 5.91 Å². The summed E-state index contributed by atoms with van der Waals surface area (Å²) in [7, 11) is 3.70. The molecule has 1 saturated heterocycles. The summed E-state index contributed by atoms with van der Waals surface area (Å²) in [6.45, 7) is 3.75. The molecular formula is C11H18N4O. The second-order valence-corrected chi connectivity index (χ2v) is 4.36. The van der Waals surface area contributed by atoms with Crippen molar-refractivity contribution >= 4 is 5.91 Å². The summed E-state index contributed by atoms with van der Waals surface area (Å²) in [5, 5.41) is 7.46. The topological polar surface area (TPSA) is 50.2 Å². The second kappa shape index (κ2) is 4.25. The summed E-state index contributed by atoms with van der Waals surface area (Å²) in [6.07, 6.45) is 2.82. The maximum absolute atomic E-state index is 12.2. The van der Waals surface area contributed by atoms with Gasteiger partial charge in [-0.2, -0.15) is 5.10 Å². The van der Waals surface area contributed by atoms with E-state index in [1.54, 1.807) is 10.9 Å². The van der Waals surface area contributed by atoms with Crippen LogP contribution in [-0.2, 0) is 7.05 Å². The molecule has 0 radical (unpaired) electrons. The van der Waals surface area contributed by atoms with Gasteiger partial charge in [0.1, 0.15) is 0 Å². The summed E-state index contributed by atoms with van der Waals surface area (Å²) in [5.41, 5.74) is 1.50. The smallest absolute Gasteiger partial charge is 0.257 e. The highest BCUT2D eigenvalue weighted by Gasteiger charge is 2.25. The predicted octanol–water partition coefficient (Wildman–Crippen LogP) is 0.162. The Morgan fingerprint density at radius 1 is 1.69 bits per heavy atom. The van der Waals surface area contributed by atoms with Crippen LogP contribution in [0.15, 0.2) is 6.20 Å². The Bertz CT molecular complexity index is 393. The zero-order chi connectivity index (χ0) is 11.7. The van der Waals surface area contributed by atoms with Crippen molar-refractivity contribution < 1.29 is 4.79 Å². The number of carbonyl (C=O) groups excluding carboxylic acids is 1. The molecule has 0 aromatic carbocycles. The summed E-state index contributed by atoms with van der Waals surface area (Å²) in [5.74, 6) is 0.0688. The largest absolute Gasteiger partial charge is 0.337 e. The fourth-order valence-electron chi connectivity index (χ4n) is 2.14. The molecule has 1 N–H and O–H groups in total. The number of nitrogens with zero attached hydrogens (tertiary/aromatic N) is 3. The molecule has 1 aliphatic rings. The van der Waals surface area contributed by atoms with Crippen LogP contribution in [0, 0.1) is 6.92 Å². The van der Waals surface area contributed by atoms with Crippen molar-refractivity contribution in [2.75, 3.05) is 20.1 Å². The standard InChI is InChI=1S/C11H18N4O/c1-8-10(7-14(2)13-8)11(16)15(3)9-4-5-12-6-9/h7,9,12H,4-6H2,1-3H3. The molecule has 16 heavy (non-hydrogen) atoms. The minimum Gasteiger partial charge on any atom is -0.337 e. The zero-order valence-corrected chi connectivity index (χ0v) is 10.0. The lowest BCUT2D eigenvalue weighted by Crippen LogP contribution is -2.38. The third-order valence-corrected chi connectivity index (χ3v) is 3.15. The molecule has 1 amide bonds. The van der Waals surface area contributed by atoms with E-state index >= 15 is 0 Å². The fourth-order valence-corrected chi connectivity index (χ4v) is 2.14. The highest BCUT2D eigenvalue weighted by Crippen LogP contribution is 2.13. The molecule has 1 aliphatic heterocycles. The van der Waals surface area contributed by atoms with Gasteiger partial charge in [0.05, 0.1) is 11.3 Å². The van der Waals surface area contributed by atoms with Crippen molar-refractivity contribution in [3.63, 3.8) is 0 Å². The third kappa shape index (κ3) is 1.95. The van der Waals surface area contributed by atoms with Crippen LogP contribution in [0.5, 0.6) is 0 Å². The van der Waals surface area contributed by atoms with Crippen LogP contribution in [0.1, 0.15) is 22.5 Å². The highest BCUT2D eigenvalue weighted by atomic mass is 16.2. The fraction of sp³-hybridized carbons (Fsp3) is 0.636. The molecule has 5 heteroatoms. The van der Waals surface area contributed by atoms with Crippen LogP contribution >= 0.6 is 0 Å². The first kappa shape index (κ1) is 11.1. The Balaban J connectivity index is 2.14. The molecule has 1 unspecified atom stereocenters. The van der Waals surface area contributed by atoms with Crippen LogP contribution < -0.4 is 5.32 Å². The van der Waals surface area contributed by atoms with Gasteiger partial charge >= 0.3 is 0 Å². The molecule has 88 valence electrons. The number of aromatic nitrogens is 2. The van der Waals surface area contributed by atoms with E-state index in [2.05, 4.69) is 10.4 Å². The molecule has 1 atom stereocenters. The Kier molecular flexibility index (Phi) is 2.96. The first-order valence-electron chi connectivity index (χ1n) is 5.57. The number of aryl methyl sites for hydroxylation is 2. The normalized spacial score (nSPS) is 20.1.